The second-order valence-electron chi connectivity index (χ2n) is 3.27. The van der Waals surface area contributed by atoms with Crippen molar-refractivity contribution in [2.24, 2.45) is 4.99 Å². The average Bonchev–Trinajstić information content (AvgIpc) is 1.89. The summed E-state index contributed by atoms with van der Waals surface area (Å²) < 4.78 is 0. The Bertz CT molecular complexity index is 103. The highest BCUT2D eigenvalue weighted by Crippen LogP contribution is 2.12. The van der Waals surface area contributed by atoms with E-state index < -0.39 is 0 Å². The number of aliphatic imine (C=N–C) groups is 1. The van der Waals surface area contributed by atoms with Crippen molar-refractivity contribution < 1.29 is 0 Å². The lowest BCUT2D eigenvalue weighted by Crippen LogP contribution is -2.14. The molecular formula is C9H19N. The molecule has 0 spiro atoms. The van der Waals surface area contributed by atoms with Gasteiger partial charge in [0.15, 0.2) is 0 Å². The molecule has 0 aromatic heterocycles. The molecular weight excluding hydrogens is 122 g/mol. The smallest absolute Gasteiger partial charge is 0.0545 e. The molecule has 0 saturated carbocycles. The van der Waals surface area contributed by atoms with Crippen LogP contribution in [0, 0.1) is 0 Å². The van der Waals surface area contributed by atoms with Crippen molar-refractivity contribution in [2.45, 2.75) is 52.5 Å². The SMILES string of the molecule is CCCC=NC(C)(C)CC. The third-order valence-corrected chi connectivity index (χ3v) is 1.72. The van der Waals surface area contributed by atoms with Crippen LogP contribution in [0.1, 0.15) is 47.0 Å². The highest BCUT2D eigenvalue weighted by atomic mass is 14.8. The summed E-state index contributed by atoms with van der Waals surface area (Å²) in [5, 5.41) is 0. The maximum atomic E-state index is 4.44. The molecule has 0 N–H and O–H groups in total. The molecule has 0 aliphatic heterocycles. The fraction of sp³-hybridized carbons (Fsp3) is 0.889. The third kappa shape index (κ3) is 4.54. The standard InChI is InChI=1S/C9H19N/c1-5-7-8-10-9(3,4)6-2/h8H,5-7H2,1-4H3. The summed E-state index contributed by atoms with van der Waals surface area (Å²) in [6, 6.07) is 0. The van der Waals surface area contributed by atoms with Gasteiger partial charge in [-0.3, -0.25) is 4.99 Å². The van der Waals surface area contributed by atoms with E-state index in [1.54, 1.807) is 0 Å². The molecule has 0 saturated heterocycles. The molecule has 0 fully saturated rings. The molecule has 0 aromatic rings. The van der Waals surface area contributed by atoms with Crippen molar-refractivity contribution in [3.05, 3.63) is 0 Å². The Morgan fingerprint density at radius 3 is 2.30 bits per heavy atom. The van der Waals surface area contributed by atoms with Crippen LogP contribution in [0.5, 0.6) is 0 Å². The molecule has 1 heteroatoms. The highest BCUT2D eigenvalue weighted by Gasteiger charge is 2.09. The fourth-order valence-electron chi connectivity index (χ4n) is 0.532. The van der Waals surface area contributed by atoms with Gasteiger partial charge in [-0.1, -0.05) is 20.3 Å². The van der Waals surface area contributed by atoms with Gasteiger partial charge in [0.1, 0.15) is 0 Å². The summed E-state index contributed by atoms with van der Waals surface area (Å²) in [5.74, 6) is 0. The topological polar surface area (TPSA) is 12.4 Å². The summed E-state index contributed by atoms with van der Waals surface area (Å²) in [7, 11) is 0. The zero-order valence-electron chi connectivity index (χ0n) is 7.65. The van der Waals surface area contributed by atoms with Crippen LogP contribution in [0.15, 0.2) is 4.99 Å². The second-order valence-corrected chi connectivity index (χ2v) is 3.27. The summed E-state index contributed by atoms with van der Waals surface area (Å²) >= 11 is 0. The lowest BCUT2D eigenvalue weighted by molar-refractivity contribution is 0.506. The van der Waals surface area contributed by atoms with Gasteiger partial charge in [-0.2, -0.15) is 0 Å². The van der Waals surface area contributed by atoms with E-state index in [2.05, 4.69) is 32.7 Å². The van der Waals surface area contributed by atoms with E-state index in [1.807, 2.05) is 6.21 Å². The molecule has 0 amide bonds. The first-order valence-corrected chi connectivity index (χ1v) is 4.16. The van der Waals surface area contributed by atoms with Gasteiger partial charge in [0.05, 0.1) is 5.54 Å². The molecule has 60 valence electrons. The van der Waals surface area contributed by atoms with Gasteiger partial charge in [0.2, 0.25) is 0 Å². The van der Waals surface area contributed by atoms with Crippen LogP contribution in [-0.2, 0) is 0 Å². The molecule has 0 aromatic carbocycles. The minimum absolute atomic E-state index is 0.162. The first-order chi connectivity index (χ1) is 4.62. The number of hydrogen-bond donors (Lipinski definition) is 0. The Kier molecular flexibility index (Phi) is 4.33. The van der Waals surface area contributed by atoms with Crippen LogP contribution in [0.3, 0.4) is 0 Å². The second kappa shape index (κ2) is 4.48. The molecule has 0 radical (unpaired) electrons. The zero-order valence-corrected chi connectivity index (χ0v) is 7.65. The molecule has 0 rings (SSSR count). The van der Waals surface area contributed by atoms with Crippen molar-refractivity contribution in [2.75, 3.05) is 0 Å². The Hall–Kier alpha value is -0.330. The minimum Gasteiger partial charge on any atom is -0.292 e. The average molecular weight is 141 g/mol. The van der Waals surface area contributed by atoms with E-state index in [1.165, 1.54) is 6.42 Å². The first kappa shape index (κ1) is 9.67. The fourth-order valence-corrected chi connectivity index (χ4v) is 0.532. The lowest BCUT2D eigenvalue weighted by atomic mass is 10.0. The van der Waals surface area contributed by atoms with Gasteiger partial charge >= 0.3 is 0 Å². The quantitative estimate of drug-likeness (QED) is 0.534. The van der Waals surface area contributed by atoms with Gasteiger partial charge in [-0.05, 0) is 32.9 Å². The number of nitrogens with zero attached hydrogens (tertiary/aromatic N) is 1. The lowest BCUT2D eigenvalue weighted by Gasteiger charge is -2.15. The Labute approximate surface area is 64.6 Å². The molecule has 0 aliphatic carbocycles. The normalized spacial score (nSPS) is 12.8. The van der Waals surface area contributed by atoms with Crippen molar-refractivity contribution in [3.8, 4) is 0 Å². The van der Waals surface area contributed by atoms with Crippen molar-refractivity contribution in [1.29, 1.82) is 0 Å². The molecule has 0 atom stereocenters. The summed E-state index contributed by atoms with van der Waals surface area (Å²) in [6.45, 7) is 8.67. The molecule has 1 nitrogen and oxygen atoms in total. The van der Waals surface area contributed by atoms with Crippen LogP contribution in [0.2, 0.25) is 0 Å². The van der Waals surface area contributed by atoms with Crippen LogP contribution < -0.4 is 0 Å². The van der Waals surface area contributed by atoms with E-state index in [0.717, 1.165) is 12.8 Å². The number of rotatable bonds is 4. The van der Waals surface area contributed by atoms with Crippen LogP contribution in [0.4, 0.5) is 0 Å². The minimum atomic E-state index is 0.162. The first-order valence-electron chi connectivity index (χ1n) is 4.16. The van der Waals surface area contributed by atoms with E-state index in [0.29, 0.717) is 0 Å². The predicted octanol–water partition coefficient (Wildman–Crippen LogP) is 3.05. The number of hydrogen-bond acceptors (Lipinski definition) is 1. The van der Waals surface area contributed by atoms with E-state index in [-0.39, 0.29) is 5.54 Å². The van der Waals surface area contributed by atoms with E-state index in [9.17, 15) is 0 Å². The molecule has 0 aliphatic rings. The maximum absolute atomic E-state index is 4.44. The summed E-state index contributed by atoms with van der Waals surface area (Å²) in [4.78, 5) is 4.44. The van der Waals surface area contributed by atoms with Gasteiger partial charge in [-0.25, -0.2) is 0 Å². The molecule has 0 heterocycles. The molecule has 0 bridgehead atoms. The van der Waals surface area contributed by atoms with Crippen LogP contribution in [-0.4, -0.2) is 11.8 Å². The van der Waals surface area contributed by atoms with Gasteiger partial charge in [0.25, 0.3) is 0 Å². The van der Waals surface area contributed by atoms with Crippen molar-refractivity contribution in [1.82, 2.24) is 0 Å². The number of unbranched alkanes of at least 4 members (excludes halogenated alkanes) is 1. The van der Waals surface area contributed by atoms with Crippen LogP contribution >= 0.6 is 0 Å². The van der Waals surface area contributed by atoms with Crippen molar-refractivity contribution in [3.63, 3.8) is 0 Å². The molecule has 10 heavy (non-hydrogen) atoms. The highest BCUT2D eigenvalue weighted by molar-refractivity contribution is 5.57. The summed E-state index contributed by atoms with van der Waals surface area (Å²) in [5.41, 5.74) is 0.162. The Morgan fingerprint density at radius 1 is 1.30 bits per heavy atom. The van der Waals surface area contributed by atoms with Gasteiger partial charge < -0.3 is 0 Å². The van der Waals surface area contributed by atoms with Crippen molar-refractivity contribution >= 4 is 6.21 Å². The third-order valence-electron chi connectivity index (χ3n) is 1.72. The zero-order chi connectivity index (χ0) is 8.04. The van der Waals surface area contributed by atoms with Crippen LogP contribution in [0.25, 0.3) is 0 Å². The largest absolute Gasteiger partial charge is 0.292 e. The van der Waals surface area contributed by atoms with Gasteiger partial charge in [0, 0.05) is 0 Å². The summed E-state index contributed by atoms with van der Waals surface area (Å²) in [6.07, 6.45) is 5.48. The monoisotopic (exact) mass is 141 g/mol. The van der Waals surface area contributed by atoms with Gasteiger partial charge in [-0.15, -0.1) is 0 Å². The Morgan fingerprint density at radius 2 is 1.90 bits per heavy atom. The molecule has 0 unspecified atom stereocenters. The predicted molar refractivity (Wildman–Crippen MR) is 47.8 cm³/mol. The van der Waals surface area contributed by atoms with E-state index in [4.69, 9.17) is 0 Å². The van der Waals surface area contributed by atoms with E-state index >= 15 is 0 Å². The Balaban J connectivity index is 3.63. The maximum Gasteiger partial charge on any atom is 0.0545 e.